The second-order valence-corrected chi connectivity index (χ2v) is 4.95. The van der Waals surface area contributed by atoms with Crippen LogP contribution in [0.15, 0.2) is 24.3 Å². The molecule has 4 nitrogen and oxygen atoms in total. The molecule has 2 unspecified atom stereocenters. The van der Waals surface area contributed by atoms with Crippen LogP contribution in [0.3, 0.4) is 0 Å². The lowest BCUT2D eigenvalue weighted by molar-refractivity contribution is -0.121. The van der Waals surface area contributed by atoms with Gasteiger partial charge in [0.25, 0.3) is 0 Å². The Morgan fingerprint density at radius 1 is 1.37 bits per heavy atom. The Morgan fingerprint density at radius 2 is 2.00 bits per heavy atom. The number of rotatable bonds is 6. The van der Waals surface area contributed by atoms with Gasteiger partial charge >= 0.3 is 0 Å². The van der Waals surface area contributed by atoms with Gasteiger partial charge in [0.2, 0.25) is 5.91 Å². The highest BCUT2D eigenvalue weighted by atomic mass is 16.2. The summed E-state index contributed by atoms with van der Waals surface area (Å²) in [5.41, 5.74) is 7.43. The van der Waals surface area contributed by atoms with E-state index in [1.807, 2.05) is 38.2 Å². The smallest absolute Gasteiger partial charge is 0.241 e. The molecule has 1 amide bonds. The summed E-state index contributed by atoms with van der Waals surface area (Å²) in [5.74, 6) is 0.00343. The van der Waals surface area contributed by atoms with E-state index in [0.717, 1.165) is 17.7 Å². The number of nitrogens with one attached hydrogen (secondary N) is 1. The van der Waals surface area contributed by atoms with Gasteiger partial charge in [-0.2, -0.15) is 0 Å². The Morgan fingerprint density at radius 3 is 2.58 bits per heavy atom. The van der Waals surface area contributed by atoms with Crippen molar-refractivity contribution >= 4 is 11.6 Å². The van der Waals surface area contributed by atoms with Gasteiger partial charge < -0.3 is 11.1 Å². The number of hydrogen-bond acceptors (Lipinski definition) is 3. The Hall–Kier alpha value is -1.39. The van der Waals surface area contributed by atoms with Crippen LogP contribution in [-0.2, 0) is 11.3 Å². The molecule has 4 heteroatoms. The van der Waals surface area contributed by atoms with Crippen molar-refractivity contribution in [3.8, 4) is 0 Å². The molecular formula is C15H25N3O. The number of nitrogens with zero attached hydrogens (tertiary/aromatic N) is 1. The molecule has 0 bridgehead atoms. The van der Waals surface area contributed by atoms with E-state index >= 15 is 0 Å². The normalized spacial score (nSPS) is 14.2. The number of hydrogen-bond donors (Lipinski definition) is 2. The standard InChI is InChI=1S/C15H25N3O/c1-5-11(2)18(4)12(3)15(19)17-14-9-7-6-8-13(14)10-16/h6-9,11-12H,5,10,16H2,1-4H3,(H,17,19). The van der Waals surface area contributed by atoms with Gasteiger partial charge in [0.05, 0.1) is 6.04 Å². The first kappa shape index (κ1) is 15.7. The minimum Gasteiger partial charge on any atom is -0.326 e. The third kappa shape index (κ3) is 4.04. The van der Waals surface area contributed by atoms with Gasteiger partial charge in [-0.1, -0.05) is 25.1 Å². The molecule has 0 aliphatic heterocycles. The van der Waals surface area contributed by atoms with Crippen molar-refractivity contribution in [2.24, 2.45) is 5.73 Å². The fourth-order valence-corrected chi connectivity index (χ4v) is 1.91. The van der Waals surface area contributed by atoms with Crippen molar-refractivity contribution in [3.63, 3.8) is 0 Å². The fourth-order valence-electron chi connectivity index (χ4n) is 1.91. The molecule has 2 atom stereocenters. The molecule has 1 aromatic carbocycles. The van der Waals surface area contributed by atoms with E-state index in [1.165, 1.54) is 0 Å². The number of carbonyl (C=O) groups excluding carboxylic acids is 1. The predicted molar refractivity (Wildman–Crippen MR) is 79.9 cm³/mol. The Labute approximate surface area is 116 Å². The van der Waals surface area contributed by atoms with Gasteiger partial charge in [0.1, 0.15) is 0 Å². The van der Waals surface area contributed by atoms with Crippen LogP contribution >= 0.6 is 0 Å². The molecule has 3 N–H and O–H groups in total. The molecule has 0 heterocycles. The summed E-state index contributed by atoms with van der Waals surface area (Å²) < 4.78 is 0. The van der Waals surface area contributed by atoms with E-state index in [1.54, 1.807) is 0 Å². The minimum atomic E-state index is -0.166. The van der Waals surface area contributed by atoms with Gasteiger partial charge in [-0.15, -0.1) is 0 Å². The third-order valence-corrected chi connectivity index (χ3v) is 3.77. The molecule has 0 aliphatic rings. The lowest BCUT2D eigenvalue weighted by Crippen LogP contribution is -2.44. The van der Waals surface area contributed by atoms with Gasteiger partial charge in [-0.3, -0.25) is 9.69 Å². The first-order valence-corrected chi connectivity index (χ1v) is 6.82. The number of carbonyl (C=O) groups is 1. The zero-order valence-corrected chi connectivity index (χ0v) is 12.3. The minimum absolute atomic E-state index is 0.00343. The molecule has 19 heavy (non-hydrogen) atoms. The number of likely N-dealkylation sites (N-methyl/N-ethyl adjacent to an activating group) is 1. The van der Waals surface area contributed by atoms with E-state index in [0.29, 0.717) is 12.6 Å². The largest absolute Gasteiger partial charge is 0.326 e. The number of nitrogens with two attached hydrogens (primary N) is 1. The maximum Gasteiger partial charge on any atom is 0.241 e. The van der Waals surface area contributed by atoms with Gasteiger partial charge in [0.15, 0.2) is 0 Å². The van der Waals surface area contributed by atoms with Gasteiger partial charge in [-0.05, 0) is 38.9 Å². The first-order chi connectivity index (χ1) is 9.01. The average molecular weight is 263 g/mol. The molecule has 0 saturated heterocycles. The fraction of sp³-hybridized carbons (Fsp3) is 0.533. The van der Waals surface area contributed by atoms with E-state index in [9.17, 15) is 4.79 Å². The summed E-state index contributed by atoms with van der Waals surface area (Å²) in [5, 5.41) is 2.96. The second-order valence-electron chi connectivity index (χ2n) is 4.95. The van der Waals surface area contributed by atoms with Crippen LogP contribution in [-0.4, -0.2) is 29.9 Å². The van der Waals surface area contributed by atoms with Crippen molar-refractivity contribution in [2.45, 2.75) is 45.8 Å². The summed E-state index contributed by atoms with van der Waals surface area (Å²) in [6, 6.07) is 7.85. The van der Waals surface area contributed by atoms with Crippen molar-refractivity contribution < 1.29 is 4.79 Å². The topological polar surface area (TPSA) is 58.4 Å². The van der Waals surface area contributed by atoms with Crippen LogP contribution in [0.25, 0.3) is 0 Å². The lowest BCUT2D eigenvalue weighted by Gasteiger charge is -2.29. The first-order valence-electron chi connectivity index (χ1n) is 6.82. The Balaban J connectivity index is 2.74. The SMILES string of the molecule is CCC(C)N(C)C(C)C(=O)Nc1ccccc1CN. The quantitative estimate of drug-likeness (QED) is 0.827. The summed E-state index contributed by atoms with van der Waals surface area (Å²) in [6.07, 6.45) is 1.02. The highest BCUT2D eigenvalue weighted by molar-refractivity contribution is 5.95. The Bertz CT molecular complexity index is 420. The Kier molecular flexibility index (Phi) is 5.99. The molecule has 1 aromatic rings. The molecule has 0 spiro atoms. The van der Waals surface area contributed by atoms with Gasteiger partial charge in [-0.25, -0.2) is 0 Å². The zero-order valence-electron chi connectivity index (χ0n) is 12.3. The van der Waals surface area contributed by atoms with E-state index in [2.05, 4.69) is 24.1 Å². The summed E-state index contributed by atoms with van der Waals surface area (Å²) >= 11 is 0. The molecule has 0 aromatic heterocycles. The monoisotopic (exact) mass is 263 g/mol. The van der Waals surface area contributed by atoms with Crippen LogP contribution in [0.5, 0.6) is 0 Å². The van der Waals surface area contributed by atoms with Crippen molar-refractivity contribution in [1.29, 1.82) is 0 Å². The van der Waals surface area contributed by atoms with Crippen molar-refractivity contribution in [1.82, 2.24) is 4.90 Å². The zero-order chi connectivity index (χ0) is 14.4. The second kappa shape index (κ2) is 7.26. The van der Waals surface area contributed by atoms with Crippen molar-refractivity contribution in [3.05, 3.63) is 29.8 Å². The molecule has 0 aliphatic carbocycles. The third-order valence-electron chi connectivity index (χ3n) is 3.77. The molecule has 0 saturated carbocycles. The predicted octanol–water partition coefficient (Wildman–Crippen LogP) is 2.20. The molecule has 1 rings (SSSR count). The van der Waals surface area contributed by atoms with E-state index in [4.69, 9.17) is 5.73 Å². The average Bonchev–Trinajstić information content (AvgIpc) is 2.45. The summed E-state index contributed by atoms with van der Waals surface area (Å²) in [7, 11) is 1.98. The van der Waals surface area contributed by atoms with Crippen LogP contribution in [0.1, 0.15) is 32.8 Å². The number of benzene rings is 1. The molecule has 0 fully saturated rings. The maximum atomic E-state index is 12.2. The van der Waals surface area contributed by atoms with Crippen LogP contribution in [0.4, 0.5) is 5.69 Å². The number of amides is 1. The number of anilines is 1. The van der Waals surface area contributed by atoms with E-state index in [-0.39, 0.29) is 11.9 Å². The summed E-state index contributed by atoms with van der Waals surface area (Å²) in [4.78, 5) is 14.3. The summed E-state index contributed by atoms with van der Waals surface area (Å²) in [6.45, 7) is 6.59. The highest BCUT2D eigenvalue weighted by Gasteiger charge is 2.21. The highest BCUT2D eigenvalue weighted by Crippen LogP contribution is 2.15. The lowest BCUT2D eigenvalue weighted by atomic mass is 10.1. The molecular weight excluding hydrogens is 238 g/mol. The maximum absolute atomic E-state index is 12.2. The molecule has 106 valence electrons. The van der Waals surface area contributed by atoms with E-state index < -0.39 is 0 Å². The van der Waals surface area contributed by atoms with Crippen LogP contribution in [0.2, 0.25) is 0 Å². The molecule has 0 radical (unpaired) electrons. The van der Waals surface area contributed by atoms with Crippen LogP contribution in [0, 0.1) is 0 Å². The van der Waals surface area contributed by atoms with Gasteiger partial charge in [0, 0.05) is 18.3 Å². The van der Waals surface area contributed by atoms with Crippen molar-refractivity contribution in [2.75, 3.05) is 12.4 Å². The van der Waals surface area contributed by atoms with Crippen LogP contribution < -0.4 is 11.1 Å². The number of para-hydroxylation sites is 1.